The molecule has 1 aromatic rings. The maximum absolute atomic E-state index is 12.5. The lowest BCUT2D eigenvalue weighted by Crippen LogP contribution is -2.52. The summed E-state index contributed by atoms with van der Waals surface area (Å²) in [5, 5.41) is 3.14. The molecule has 6 heteroatoms. The Morgan fingerprint density at radius 3 is 2.40 bits per heavy atom. The second-order valence-electron chi connectivity index (χ2n) is 6.63. The Hall–Kier alpha value is -2.08. The molecule has 3 rings (SSSR count). The SMILES string of the molecule is CCc1ccccc1C(=O)NC1CCN(C(=O)N2CCOCC2)CC1. The molecule has 0 bridgehead atoms. The van der Waals surface area contributed by atoms with E-state index < -0.39 is 0 Å². The van der Waals surface area contributed by atoms with Gasteiger partial charge < -0.3 is 19.9 Å². The minimum Gasteiger partial charge on any atom is -0.378 e. The molecule has 6 nitrogen and oxygen atoms in total. The summed E-state index contributed by atoms with van der Waals surface area (Å²) in [5.41, 5.74) is 1.83. The Morgan fingerprint density at radius 2 is 1.72 bits per heavy atom. The molecule has 136 valence electrons. The molecule has 1 N–H and O–H groups in total. The molecule has 2 aliphatic heterocycles. The van der Waals surface area contributed by atoms with Gasteiger partial charge in [0.15, 0.2) is 0 Å². The number of morpholine rings is 1. The number of nitrogens with one attached hydrogen (secondary N) is 1. The Morgan fingerprint density at radius 1 is 1.08 bits per heavy atom. The van der Waals surface area contributed by atoms with Gasteiger partial charge in [-0.1, -0.05) is 25.1 Å². The van der Waals surface area contributed by atoms with Crippen molar-refractivity contribution in [3.8, 4) is 0 Å². The molecule has 0 radical (unpaired) electrons. The van der Waals surface area contributed by atoms with Crippen molar-refractivity contribution in [3.05, 3.63) is 35.4 Å². The number of benzene rings is 1. The third kappa shape index (κ3) is 4.31. The van der Waals surface area contributed by atoms with E-state index in [9.17, 15) is 9.59 Å². The smallest absolute Gasteiger partial charge is 0.320 e. The van der Waals surface area contributed by atoms with Crippen LogP contribution in [0, 0.1) is 0 Å². The third-order valence-corrected chi connectivity index (χ3v) is 5.03. The van der Waals surface area contributed by atoms with Gasteiger partial charge in [0.25, 0.3) is 5.91 Å². The minimum absolute atomic E-state index is 0.00425. The highest BCUT2D eigenvalue weighted by Gasteiger charge is 2.28. The third-order valence-electron chi connectivity index (χ3n) is 5.03. The van der Waals surface area contributed by atoms with E-state index in [1.165, 1.54) is 0 Å². The number of nitrogens with zero attached hydrogens (tertiary/aromatic N) is 2. The zero-order valence-electron chi connectivity index (χ0n) is 14.9. The van der Waals surface area contributed by atoms with Crippen LogP contribution in [-0.2, 0) is 11.2 Å². The van der Waals surface area contributed by atoms with Crippen LogP contribution in [0.15, 0.2) is 24.3 Å². The van der Waals surface area contributed by atoms with Gasteiger partial charge in [0.1, 0.15) is 0 Å². The van der Waals surface area contributed by atoms with Crippen LogP contribution in [0.4, 0.5) is 4.79 Å². The number of ether oxygens (including phenoxy) is 1. The van der Waals surface area contributed by atoms with Gasteiger partial charge in [-0.05, 0) is 30.9 Å². The number of amides is 3. The summed E-state index contributed by atoms with van der Waals surface area (Å²) in [6.07, 6.45) is 2.45. The van der Waals surface area contributed by atoms with E-state index in [0.29, 0.717) is 39.4 Å². The summed E-state index contributed by atoms with van der Waals surface area (Å²) >= 11 is 0. The summed E-state index contributed by atoms with van der Waals surface area (Å²) in [5.74, 6) is -0.00425. The molecule has 2 heterocycles. The van der Waals surface area contributed by atoms with Gasteiger partial charge >= 0.3 is 6.03 Å². The second kappa shape index (κ2) is 8.34. The van der Waals surface area contributed by atoms with Crippen LogP contribution in [0.25, 0.3) is 0 Å². The Kier molecular flexibility index (Phi) is 5.91. The first-order valence-electron chi connectivity index (χ1n) is 9.19. The molecule has 2 saturated heterocycles. The van der Waals surface area contributed by atoms with Crippen molar-refractivity contribution in [2.24, 2.45) is 0 Å². The van der Waals surface area contributed by atoms with Crippen molar-refractivity contribution in [2.75, 3.05) is 39.4 Å². The van der Waals surface area contributed by atoms with Gasteiger partial charge in [-0.15, -0.1) is 0 Å². The van der Waals surface area contributed by atoms with E-state index in [1.54, 1.807) is 0 Å². The number of aryl methyl sites for hydroxylation is 1. The van der Waals surface area contributed by atoms with E-state index >= 15 is 0 Å². The molecule has 0 spiro atoms. The first-order valence-corrected chi connectivity index (χ1v) is 9.19. The fourth-order valence-corrected chi connectivity index (χ4v) is 3.48. The van der Waals surface area contributed by atoms with Crippen LogP contribution in [0.5, 0.6) is 0 Å². The van der Waals surface area contributed by atoms with Gasteiger partial charge in [0.2, 0.25) is 0 Å². The zero-order valence-corrected chi connectivity index (χ0v) is 14.9. The molecule has 0 aromatic heterocycles. The van der Waals surface area contributed by atoms with Crippen LogP contribution in [0.3, 0.4) is 0 Å². The Balaban J connectivity index is 1.50. The molecular formula is C19H27N3O3. The summed E-state index contributed by atoms with van der Waals surface area (Å²) in [6, 6.07) is 7.97. The van der Waals surface area contributed by atoms with Gasteiger partial charge in [0, 0.05) is 37.8 Å². The first kappa shape index (κ1) is 17.7. The summed E-state index contributed by atoms with van der Waals surface area (Å²) < 4.78 is 5.30. The normalized spacial score (nSPS) is 18.9. The van der Waals surface area contributed by atoms with Crippen LogP contribution in [-0.4, -0.2) is 67.2 Å². The minimum atomic E-state index is -0.00425. The average Bonchev–Trinajstić information content (AvgIpc) is 2.68. The van der Waals surface area contributed by atoms with Gasteiger partial charge in [0.05, 0.1) is 13.2 Å². The standard InChI is InChI=1S/C19H27N3O3/c1-2-15-5-3-4-6-17(15)18(23)20-16-7-9-21(10-8-16)19(24)22-11-13-25-14-12-22/h3-6,16H,2,7-14H2,1H3,(H,20,23). The molecule has 2 fully saturated rings. The quantitative estimate of drug-likeness (QED) is 0.910. The van der Waals surface area contributed by atoms with E-state index in [4.69, 9.17) is 4.74 Å². The van der Waals surface area contributed by atoms with Crippen molar-refractivity contribution < 1.29 is 14.3 Å². The highest BCUT2D eigenvalue weighted by Crippen LogP contribution is 2.15. The molecule has 0 saturated carbocycles. The lowest BCUT2D eigenvalue weighted by Gasteiger charge is -2.37. The molecule has 0 unspecified atom stereocenters. The number of carbonyl (C=O) groups excluding carboxylic acids is 2. The number of hydrogen-bond acceptors (Lipinski definition) is 3. The van der Waals surface area contributed by atoms with Crippen LogP contribution < -0.4 is 5.32 Å². The van der Waals surface area contributed by atoms with Crippen molar-refractivity contribution in [2.45, 2.75) is 32.2 Å². The van der Waals surface area contributed by atoms with Crippen molar-refractivity contribution in [1.29, 1.82) is 0 Å². The topological polar surface area (TPSA) is 61.9 Å². The molecule has 2 aliphatic rings. The predicted molar refractivity (Wildman–Crippen MR) is 95.7 cm³/mol. The lowest BCUT2D eigenvalue weighted by atomic mass is 10.0. The van der Waals surface area contributed by atoms with Crippen LogP contribution in [0.2, 0.25) is 0 Å². The van der Waals surface area contributed by atoms with E-state index in [-0.39, 0.29) is 18.0 Å². The molecule has 1 aromatic carbocycles. The van der Waals surface area contributed by atoms with E-state index in [1.807, 2.05) is 34.1 Å². The summed E-state index contributed by atoms with van der Waals surface area (Å²) in [6.45, 7) is 6.02. The fourth-order valence-electron chi connectivity index (χ4n) is 3.48. The van der Waals surface area contributed by atoms with Gasteiger partial charge in [-0.2, -0.15) is 0 Å². The highest BCUT2D eigenvalue weighted by atomic mass is 16.5. The molecule has 0 aliphatic carbocycles. The highest BCUT2D eigenvalue weighted by molar-refractivity contribution is 5.95. The Bertz CT molecular complexity index is 606. The van der Waals surface area contributed by atoms with Gasteiger partial charge in [-0.3, -0.25) is 4.79 Å². The molecule has 25 heavy (non-hydrogen) atoms. The Labute approximate surface area is 149 Å². The lowest BCUT2D eigenvalue weighted by molar-refractivity contribution is 0.0407. The number of rotatable bonds is 3. The summed E-state index contributed by atoms with van der Waals surface area (Å²) in [4.78, 5) is 28.8. The predicted octanol–water partition coefficient (Wildman–Crippen LogP) is 1.90. The van der Waals surface area contributed by atoms with E-state index in [0.717, 1.165) is 30.4 Å². The van der Waals surface area contributed by atoms with Crippen LogP contribution in [0.1, 0.15) is 35.7 Å². The van der Waals surface area contributed by atoms with Gasteiger partial charge in [-0.25, -0.2) is 4.79 Å². The average molecular weight is 345 g/mol. The van der Waals surface area contributed by atoms with Crippen molar-refractivity contribution in [1.82, 2.24) is 15.1 Å². The molecular weight excluding hydrogens is 318 g/mol. The largest absolute Gasteiger partial charge is 0.378 e. The fraction of sp³-hybridized carbons (Fsp3) is 0.579. The number of hydrogen-bond donors (Lipinski definition) is 1. The maximum atomic E-state index is 12.5. The number of carbonyl (C=O) groups is 2. The zero-order chi connectivity index (χ0) is 17.6. The maximum Gasteiger partial charge on any atom is 0.320 e. The van der Waals surface area contributed by atoms with Crippen LogP contribution >= 0.6 is 0 Å². The number of urea groups is 1. The number of likely N-dealkylation sites (tertiary alicyclic amines) is 1. The molecule has 0 atom stereocenters. The number of piperidine rings is 1. The first-order chi connectivity index (χ1) is 12.2. The summed E-state index contributed by atoms with van der Waals surface area (Å²) in [7, 11) is 0. The van der Waals surface area contributed by atoms with Crippen molar-refractivity contribution in [3.63, 3.8) is 0 Å². The van der Waals surface area contributed by atoms with E-state index in [2.05, 4.69) is 12.2 Å². The molecule has 3 amide bonds. The monoisotopic (exact) mass is 345 g/mol. The van der Waals surface area contributed by atoms with Crippen molar-refractivity contribution >= 4 is 11.9 Å². The second-order valence-corrected chi connectivity index (χ2v) is 6.63.